The van der Waals surface area contributed by atoms with E-state index in [4.69, 9.17) is 0 Å². The third-order valence-corrected chi connectivity index (χ3v) is 6.15. The first-order valence-electron chi connectivity index (χ1n) is 8.47. The highest BCUT2D eigenvalue weighted by Gasteiger charge is 2.42. The van der Waals surface area contributed by atoms with Crippen LogP contribution in [0.2, 0.25) is 0 Å². The smallest absolute Gasteiger partial charge is 0.308 e. The second kappa shape index (κ2) is 7.15. The van der Waals surface area contributed by atoms with Gasteiger partial charge in [-0.1, -0.05) is 25.8 Å². The molecule has 25 heavy (non-hydrogen) atoms. The molecule has 0 aliphatic heterocycles. The van der Waals surface area contributed by atoms with E-state index in [1.165, 1.54) is 12.1 Å². The third kappa shape index (κ3) is 4.21. The zero-order chi connectivity index (χ0) is 18.8. The van der Waals surface area contributed by atoms with Crippen LogP contribution in [0.4, 0.5) is 0 Å². The topological polar surface area (TPSA) is 101 Å². The summed E-state index contributed by atoms with van der Waals surface area (Å²) in [6.07, 6.45) is 4.46. The second-order valence-electron chi connectivity index (χ2n) is 6.95. The van der Waals surface area contributed by atoms with Gasteiger partial charge in [0.2, 0.25) is 0 Å². The lowest BCUT2D eigenvalue weighted by Crippen LogP contribution is -2.55. The van der Waals surface area contributed by atoms with E-state index in [2.05, 4.69) is 5.32 Å². The Hall–Kier alpha value is -1.89. The Bertz CT molecular complexity index is 787. The fraction of sp³-hybridized carbons (Fsp3) is 0.556. The molecular formula is C18H25NO5S. The highest BCUT2D eigenvalue weighted by molar-refractivity contribution is 7.90. The molecule has 2 unspecified atom stereocenters. The summed E-state index contributed by atoms with van der Waals surface area (Å²) in [5, 5.41) is 12.4. The molecule has 1 aliphatic carbocycles. The van der Waals surface area contributed by atoms with E-state index >= 15 is 0 Å². The molecule has 1 aromatic carbocycles. The zero-order valence-electron chi connectivity index (χ0n) is 14.8. The summed E-state index contributed by atoms with van der Waals surface area (Å²) < 4.78 is 23.6. The molecule has 0 aromatic heterocycles. The first kappa shape index (κ1) is 19.4. The molecule has 0 radical (unpaired) electrons. The Morgan fingerprint density at radius 3 is 2.56 bits per heavy atom. The van der Waals surface area contributed by atoms with E-state index in [9.17, 15) is 23.1 Å². The molecule has 1 saturated carbocycles. The summed E-state index contributed by atoms with van der Waals surface area (Å²) >= 11 is 0. The summed E-state index contributed by atoms with van der Waals surface area (Å²) in [6.45, 7) is 3.64. The van der Waals surface area contributed by atoms with E-state index in [0.717, 1.165) is 24.7 Å². The average molecular weight is 367 g/mol. The lowest BCUT2D eigenvalue weighted by atomic mass is 9.73. The first-order valence-corrected chi connectivity index (χ1v) is 10.4. The molecule has 0 heterocycles. The van der Waals surface area contributed by atoms with Gasteiger partial charge in [-0.15, -0.1) is 0 Å². The Morgan fingerprint density at radius 1 is 1.32 bits per heavy atom. The van der Waals surface area contributed by atoms with Crippen LogP contribution in [0, 0.1) is 5.92 Å². The van der Waals surface area contributed by atoms with Crippen molar-refractivity contribution in [3.05, 3.63) is 29.3 Å². The van der Waals surface area contributed by atoms with Crippen LogP contribution in [0.1, 0.15) is 55.5 Å². The number of rotatable bonds is 5. The van der Waals surface area contributed by atoms with Gasteiger partial charge in [0.25, 0.3) is 5.91 Å². The number of benzene rings is 1. The lowest BCUT2D eigenvalue weighted by molar-refractivity contribution is -0.145. The summed E-state index contributed by atoms with van der Waals surface area (Å²) in [5.74, 6) is -1.98. The molecule has 2 rings (SSSR count). The van der Waals surface area contributed by atoms with Crippen molar-refractivity contribution in [1.29, 1.82) is 0 Å². The molecular weight excluding hydrogens is 342 g/mol. The number of carbonyl (C=O) groups is 2. The quantitative estimate of drug-likeness (QED) is 0.832. The minimum absolute atomic E-state index is 0.0819. The van der Waals surface area contributed by atoms with Gasteiger partial charge in [0.15, 0.2) is 9.84 Å². The Kier molecular flexibility index (Phi) is 5.56. The SMILES string of the molecule is CCc1ccc(S(C)(=O)=O)cc1C(=O)NC1(C)CCCCC1C(=O)O. The zero-order valence-corrected chi connectivity index (χ0v) is 15.6. The molecule has 1 amide bonds. The van der Waals surface area contributed by atoms with Crippen molar-refractivity contribution in [2.45, 2.75) is 56.4 Å². The normalized spacial score (nSPS) is 23.9. The highest BCUT2D eigenvalue weighted by Crippen LogP contribution is 2.34. The van der Waals surface area contributed by atoms with Crippen LogP contribution in [0.5, 0.6) is 0 Å². The number of carboxylic acids is 1. The van der Waals surface area contributed by atoms with Crippen molar-refractivity contribution in [1.82, 2.24) is 5.32 Å². The van der Waals surface area contributed by atoms with Crippen LogP contribution < -0.4 is 5.32 Å². The van der Waals surface area contributed by atoms with Crippen molar-refractivity contribution in [3.63, 3.8) is 0 Å². The number of aryl methyl sites for hydroxylation is 1. The molecule has 1 fully saturated rings. The van der Waals surface area contributed by atoms with Crippen LogP contribution in [0.25, 0.3) is 0 Å². The number of hydrogen-bond donors (Lipinski definition) is 2. The van der Waals surface area contributed by atoms with Gasteiger partial charge in [-0.3, -0.25) is 9.59 Å². The van der Waals surface area contributed by atoms with E-state index in [0.29, 0.717) is 24.8 Å². The number of sulfone groups is 1. The highest BCUT2D eigenvalue weighted by atomic mass is 32.2. The maximum absolute atomic E-state index is 12.8. The lowest BCUT2D eigenvalue weighted by Gasteiger charge is -2.40. The van der Waals surface area contributed by atoms with Crippen LogP contribution in [0.3, 0.4) is 0 Å². The predicted molar refractivity (Wildman–Crippen MR) is 94.4 cm³/mol. The standard InChI is InChI=1S/C18H25NO5S/c1-4-12-8-9-13(25(3,23)24)11-14(12)16(20)19-18(2)10-6-5-7-15(18)17(21)22/h8-9,11,15H,4-7,10H2,1-3H3,(H,19,20)(H,21,22). The van der Waals surface area contributed by atoms with Gasteiger partial charge in [0.05, 0.1) is 16.4 Å². The van der Waals surface area contributed by atoms with Crippen LogP contribution in [-0.4, -0.2) is 37.2 Å². The van der Waals surface area contributed by atoms with Gasteiger partial charge < -0.3 is 10.4 Å². The minimum atomic E-state index is -3.43. The van der Waals surface area contributed by atoms with Crippen molar-refractivity contribution in [3.8, 4) is 0 Å². The number of nitrogens with one attached hydrogen (secondary N) is 1. The van der Waals surface area contributed by atoms with E-state index in [1.54, 1.807) is 13.0 Å². The molecule has 2 N–H and O–H groups in total. The number of aliphatic carboxylic acids is 1. The minimum Gasteiger partial charge on any atom is -0.481 e. The number of amides is 1. The summed E-state index contributed by atoms with van der Waals surface area (Å²) in [7, 11) is -3.43. The van der Waals surface area contributed by atoms with E-state index in [1.807, 2.05) is 6.92 Å². The molecule has 6 nitrogen and oxygen atoms in total. The molecule has 138 valence electrons. The first-order chi connectivity index (χ1) is 11.6. The molecule has 1 aromatic rings. The molecule has 1 aliphatic rings. The van der Waals surface area contributed by atoms with Crippen LogP contribution in [-0.2, 0) is 21.1 Å². The second-order valence-corrected chi connectivity index (χ2v) is 8.97. The Morgan fingerprint density at radius 2 is 2.00 bits per heavy atom. The number of hydrogen-bond acceptors (Lipinski definition) is 4. The van der Waals surface area contributed by atoms with Gasteiger partial charge in [0, 0.05) is 11.8 Å². The van der Waals surface area contributed by atoms with Gasteiger partial charge in [-0.25, -0.2) is 8.42 Å². The average Bonchev–Trinajstić information content (AvgIpc) is 2.53. The third-order valence-electron chi connectivity index (χ3n) is 5.04. The van der Waals surface area contributed by atoms with Gasteiger partial charge in [0.1, 0.15) is 0 Å². The van der Waals surface area contributed by atoms with Gasteiger partial charge in [-0.2, -0.15) is 0 Å². The van der Waals surface area contributed by atoms with Crippen LogP contribution in [0.15, 0.2) is 23.1 Å². The predicted octanol–water partition coefficient (Wildman–Crippen LogP) is 2.42. The Balaban J connectivity index is 2.38. The van der Waals surface area contributed by atoms with Gasteiger partial charge >= 0.3 is 5.97 Å². The van der Waals surface area contributed by atoms with E-state index in [-0.39, 0.29) is 4.90 Å². The molecule has 7 heteroatoms. The number of carbonyl (C=O) groups excluding carboxylic acids is 1. The molecule has 0 spiro atoms. The summed E-state index contributed by atoms with van der Waals surface area (Å²) in [6, 6.07) is 4.52. The maximum Gasteiger partial charge on any atom is 0.308 e. The molecule has 0 saturated heterocycles. The fourth-order valence-corrected chi connectivity index (χ4v) is 4.16. The fourth-order valence-electron chi connectivity index (χ4n) is 3.51. The molecule has 2 atom stereocenters. The largest absolute Gasteiger partial charge is 0.481 e. The molecule has 0 bridgehead atoms. The van der Waals surface area contributed by atoms with Crippen LogP contribution >= 0.6 is 0 Å². The summed E-state index contributed by atoms with van der Waals surface area (Å²) in [5.41, 5.74) is 0.185. The van der Waals surface area contributed by atoms with Crippen molar-refractivity contribution in [2.24, 2.45) is 5.92 Å². The Labute approximate surface area is 148 Å². The van der Waals surface area contributed by atoms with Crippen molar-refractivity contribution in [2.75, 3.05) is 6.26 Å². The number of carboxylic acid groups (broad SMARTS) is 1. The van der Waals surface area contributed by atoms with Crippen molar-refractivity contribution < 1.29 is 23.1 Å². The van der Waals surface area contributed by atoms with Gasteiger partial charge in [-0.05, 0) is 43.9 Å². The van der Waals surface area contributed by atoms with Crippen molar-refractivity contribution >= 4 is 21.7 Å². The maximum atomic E-state index is 12.8. The van der Waals surface area contributed by atoms with E-state index < -0.39 is 33.2 Å². The summed E-state index contributed by atoms with van der Waals surface area (Å²) in [4.78, 5) is 24.5. The monoisotopic (exact) mass is 367 g/mol.